The average Bonchev–Trinajstić information content (AvgIpc) is 3.08. The minimum Gasteiger partial charge on any atom is -0.459 e. The van der Waals surface area contributed by atoms with Crippen LogP contribution in [0.1, 0.15) is 17.0 Å². The molecule has 0 unspecified atom stereocenters. The van der Waals surface area contributed by atoms with E-state index in [9.17, 15) is 13.2 Å². The van der Waals surface area contributed by atoms with Crippen molar-refractivity contribution in [3.63, 3.8) is 0 Å². The molecule has 6 nitrogen and oxygen atoms in total. The number of amides is 1. The molecule has 0 aliphatic carbocycles. The molecule has 1 fully saturated rings. The maximum atomic E-state index is 11.9. The van der Waals surface area contributed by atoms with Gasteiger partial charge < -0.3 is 9.73 Å². The van der Waals surface area contributed by atoms with E-state index in [4.69, 9.17) is 4.42 Å². The van der Waals surface area contributed by atoms with Gasteiger partial charge in [0.15, 0.2) is 5.76 Å². The Bertz CT molecular complexity index is 753. The Morgan fingerprint density at radius 3 is 2.76 bits per heavy atom. The first-order valence-electron chi connectivity index (χ1n) is 6.52. The molecule has 7 heteroatoms. The van der Waals surface area contributed by atoms with Gasteiger partial charge in [-0.3, -0.25) is 9.10 Å². The van der Waals surface area contributed by atoms with Gasteiger partial charge in [0, 0.05) is 12.2 Å². The van der Waals surface area contributed by atoms with Crippen molar-refractivity contribution in [2.75, 3.05) is 21.9 Å². The molecule has 2 aromatic rings. The molecule has 21 heavy (non-hydrogen) atoms. The molecule has 1 aliphatic heterocycles. The molecule has 0 bridgehead atoms. The minimum atomic E-state index is -3.23. The third-order valence-electron chi connectivity index (χ3n) is 3.24. The van der Waals surface area contributed by atoms with Crippen molar-refractivity contribution in [1.29, 1.82) is 0 Å². The topological polar surface area (TPSA) is 79.6 Å². The van der Waals surface area contributed by atoms with Crippen molar-refractivity contribution in [1.82, 2.24) is 0 Å². The molecule has 1 aromatic heterocycles. The summed E-state index contributed by atoms with van der Waals surface area (Å²) in [5, 5.41) is 2.68. The van der Waals surface area contributed by atoms with Crippen LogP contribution in [0.3, 0.4) is 0 Å². The highest BCUT2D eigenvalue weighted by Crippen LogP contribution is 2.26. The molecule has 1 aromatic carbocycles. The zero-order valence-corrected chi connectivity index (χ0v) is 12.0. The second-order valence-electron chi connectivity index (χ2n) is 4.72. The summed E-state index contributed by atoms with van der Waals surface area (Å²) in [5.41, 5.74) is 1.08. The number of carbonyl (C=O) groups excluding carboxylic acids is 1. The van der Waals surface area contributed by atoms with Crippen LogP contribution in [0.5, 0.6) is 0 Å². The van der Waals surface area contributed by atoms with Crippen molar-refractivity contribution in [2.24, 2.45) is 0 Å². The van der Waals surface area contributed by atoms with Crippen molar-refractivity contribution in [3.8, 4) is 0 Å². The molecular formula is C14H14N2O4S. The summed E-state index contributed by atoms with van der Waals surface area (Å²) in [6.07, 6.45) is 2.04. The highest BCUT2D eigenvalue weighted by molar-refractivity contribution is 7.93. The van der Waals surface area contributed by atoms with Crippen LogP contribution in [0.4, 0.5) is 11.4 Å². The summed E-state index contributed by atoms with van der Waals surface area (Å²) in [6.45, 7) is 0.470. The first-order valence-corrected chi connectivity index (χ1v) is 8.12. The van der Waals surface area contributed by atoms with Gasteiger partial charge in [-0.1, -0.05) is 6.07 Å². The van der Waals surface area contributed by atoms with Gasteiger partial charge in [-0.15, -0.1) is 0 Å². The summed E-state index contributed by atoms with van der Waals surface area (Å²) in [7, 11) is -3.23. The van der Waals surface area contributed by atoms with Gasteiger partial charge in [0.1, 0.15) is 0 Å². The Kier molecular flexibility index (Phi) is 3.42. The number of furan rings is 1. The maximum Gasteiger partial charge on any atom is 0.291 e. The normalized spacial score (nSPS) is 16.9. The zero-order chi connectivity index (χ0) is 14.9. The van der Waals surface area contributed by atoms with Gasteiger partial charge in [-0.25, -0.2) is 8.42 Å². The number of nitrogens with one attached hydrogen (secondary N) is 1. The van der Waals surface area contributed by atoms with E-state index in [2.05, 4.69) is 5.32 Å². The zero-order valence-electron chi connectivity index (χ0n) is 11.2. The molecule has 1 aliphatic rings. The van der Waals surface area contributed by atoms with Crippen LogP contribution in [0.2, 0.25) is 0 Å². The van der Waals surface area contributed by atoms with Gasteiger partial charge in [0.05, 0.1) is 17.7 Å². The summed E-state index contributed by atoms with van der Waals surface area (Å²) < 4.78 is 30.2. The fraction of sp³-hybridized carbons (Fsp3) is 0.214. The quantitative estimate of drug-likeness (QED) is 0.941. The van der Waals surface area contributed by atoms with Gasteiger partial charge in [0.25, 0.3) is 5.91 Å². The van der Waals surface area contributed by atoms with Crippen molar-refractivity contribution >= 4 is 27.3 Å². The van der Waals surface area contributed by atoms with E-state index in [0.29, 0.717) is 24.3 Å². The summed E-state index contributed by atoms with van der Waals surface area (Å²) in [5.74, 6) is -0.00804. The van der Waals surface area contributed by atoms with Gasteiger partial charge in [-0.2, -0.15) is 0 Å². The van der Waals surface area contributed by atoms with E-state index in [1.54, 1.807) is 36.4 Å². The van der Waals surface area contributed by atoms with Gasteiger partial charge in [0.2, 0.25) is 10.0 Å². The Balaban J connectivity index is 1.82. The Hall–Kier alpha value is -2.28. The first kappa shape index (κ1) is 13.7. The Morgan fingerprint density at radius 1 is 1.24 bits per heavy atom. The molecule has 0 saturated carbocycles. The molecule has 3 rings (SSSR count). The lowest BCUT2D eigenvalue weighted by atomic mass is 10.2. The second-order valence-corrected chi connectivity index (χ2v) is 6.74. The monoisotopic (exact) mass is 306 g/mol. The minimum absolute atomic E-state index is 0.163. The molecule has 0 spiro atoms. The number of carbonyl (C=O) groups is 1. The van der Waals surface area contributed by atoms with Crippen molar-refractivity contribution < 1.29 is 17.6 Å². The van der Waals surface area contributed by atoms with Gasteiger partial charge in [-0.05, 0) is 36.8 Å². The van der Waals surface area contributed by atoms with Crippen LogP contribution < -0.4 is 9.62 Å². The van der Waals surface area contributed by atoms with E-state index in [1.165, 1.54) is 10.6 Å². The molecule has 1 N–H and O–H groups in total. The second kappa shape index (κ2) is 5.25. The van der Waals surface area contributed by atoms with Crippen molar-refractivity contribution in [2.45, 2.75) is 6.42 Å². The number of nitrogens with zero attached hydrogens (tertiary/aromatic N) is 1. The number of anilines is 2. The highest BCUT2D eigenvalue weighted by Gasteiger charge is 2.28. The molecule has 2 heterocycles. The lowest BCUT2D eigenvalue weighted by Crippen LogP contribution is -2.25. The van der Waals surface area contributed by atoms with Gasteiger partial charge >= 0.3 is 0 Å². The third-order valence-corrected chi connectivity index (χ3v) is 5.11. The van der Waals surface area contributed by atoms with Crippen LogP contribution in [0.15, 0.2) is 47.1 Å². The lowest BCUT2D eigenvalue weighted by molar-refractivity contribution is 0.0996. The number of sulfonamides is 1. The summed E-state index contributed by atoms with van der Waals surface area (Å²) in [4.78, 5) is 11.9. The van der Waals surface area contributed by atoms with Crippen LogP contribution in [0, 0.1) is 0 Å². The molecule has 1 saturated heterocycles. The predicted octanol–water partition coefficient (Wildman–Crippen LogP) is 2.07. The Morgan fingerprint density at radius 2 is 2.10 bits per heavy atom. The fourth-order valence-corrected chi connectivity index (χ4v) is 3.83. The molecule has 0 atom stereocenters. The summed E-state index contributed by atoms with van der Waals surface area (Å²) in [6, 6.07) is 9.95. The molecule has 1 amide bonds. The van der Waals surface area contributed by atoms with E-state index in [1.807, 2.05) is 0 Å². The third kappa shape index (κ3) is 2.78. The largest absolute Gasteiger partial charge is 0.459 e. The first-order chi connectivity index (χ1) is 10.1. The number of hydrogen-bond donors (Lipinski definition) is 1. The maximum absolute atomic E-state index is 11.9. The number of rotatable bonds is 3. The average molecular weight is 306 g/mol. The highest BCUT2D eigenvalue weighted by atomic mass is 32.2. The SMILES string of the molecule is O=C(Nc1cccc(N2CCCS2(=O)=O)c1)c1ccco1. The molecular weight excluding hydrogens is 292 g/mol. The van der Waals surface area contributed by atoms with E-state index >= 15 is 0 Å². The summed E-state index contributed by atoms with van der Waals surface area (Å²) >= 11 is 0. The van der Waals surface area contributed by atoms with E-state index in [-0.39, 0.29) is 17.4 Å². The van der Waals surface area contributed by atoms with Crippen molar-refractivity contribution in [3.05, 3.63) is 48.4 Å². The smallest absolute Gasteiger partial charge is 0.291 e. The van der Waals surface area contributed by atoms with E-state index < -0.39 is 10.0 Å². The molecule has 110 valence electrons. The molecule has 0 radical (unpaired) electrons. The standard InChI is InChI=1S/C14H14N2O4S/c17-14(13-6-2-8-20-13)15-11-4-1-5-12(10-11)16-7-3-9-21(16,18)19/h1-2,4-6,8,10H,3,7,9H2,(H,15,17). The fourth-order valence-electron chi connectivity index (χ4n) is 2.27. The van der Waals surface area contributed by atoms with E-state index in [0.717, 1.165) is 0 Å². The van der Waals surface area contributed by atoms with Crippen LogP contribution in [0.25, 0.3) is 0 Å². The predicted molar refractivity (Wildman–Crippen MR) is 78.9 cm³/mol. The van der Waals surface area contributed by atoms with Crippen LogP contribution in [-0.4, -0.2) is 26.6 Å². The lowest BCUT2D eigenvalue weighted by Gasteiger charge is -2.17. The Labute approximate surface area is 122 Å². The number of benzene rings is 1. The number of hydrogen-bond acceptors (Lipinski definition) is 4. The van der Waals surface area contributed by atoms with Crippen LogP contribution in [-0.2, 0) is 10.0 Å². The van der Waals surface area contributed by atoms with Crippen LogP contribution >= 0.6 is 0 Å².